The minimum absolute atomic E-state index is 0.772. The molecule has 2 rings (SSSR count). The normalized spacial score (nSPS) is 36.8. The molecule has 0 aromatic heterocycles. The van der Waals surface area contributed by atoms with Gasteiger partial charge in [-0.15, -0.1) is 0 Å². The summed E-state index contributed by atoms with van der Waals surface area (Å²) in [6, 6.07) is 1.60. The Hall–Kier alpha value is -0.0800. The van der Waals surface area contributed by atoms with Gasteiger partial charge in [-0.3, -0.25) is 4.90 Å². The number of hydrogen-bond acceptors (Lipinski definition) is 2. The van der Waals surface area contributed by atoms with Crippen molar-refractivity contribution in [1.82, 2.24) is 10.2 Å². The lowest BCUT2D eigenvalue weighted by atomic mass is 9.82. The summed E-state index contributed by atoms with van der Waals surface area (Å²) >= 11 is 0. The molecule has 1 saturated heterocycles. The maximum atomic E-state index is 3.78. The second kappa shape index (κ2) is 6.02. The first-order valence-corrected chi connectivity index (χ1v) is 7.28. The Morgan fingerprint density at radius 3 is 2.62 bits per heavy atom. The van der Waals surface area contributed by atoms with E-state index in [4.69, 9.17) is 0 Å². The smallest absolute Gasteiger partial charge is 0.0251 e. The first-order chi connectivity index (χ1) is 7.81. The third-order valence-electron chi connectivity index (χ3n) is 4.34. The van der Waals surface area contributed by atoms with Gasteiger partial charge in [-0.1, -0.05) is 13.8 Å². The quantitative estimate of drug-likeness (QED) is 0.790. The minimum Gasteiger partial charge on any atom is -0.312 e. The molecular formula is C14H28N2. The van der Waals surface area contributed by atoms with E-state index in [1.807, 2.05) is 0 Å². The van der Waals surface area contributed by atoms with Crippen molar-refractivity contribution in [2.45, 2.75) is 64.5 Å². The first kappa shape index (κ1) is 12.4. The summed E-state index contributed by atoms with van der Waals surface area (Å²) in [4.78, 5) is 2.75. The molecule has 94 valence electrons. The van der Waals surface area contributed by atoms with Gasteiger partial charge in [0.25, 0.3) is 0 Å². The molecule has 2 aliphatic rings. The molecule has 2 nitrogen and oxygen atoms in total. The fraction of sp³-hybridized carbons (Fsp3) is 1.00. The number of nitrogens with one attached hydrogen (secondary N) is 1. The average molecular weight is 224 g/mol. The molecule has 1 aliphatic heterocycles. The molecule has 1 N–H and O–H groups in total. The highest BCUT2D eigenvalue weighted by Crippen LogP contribution is 2.29. The Bertz CT molecular complexity index is 197. The molecule has 3 unspecified atom stereocenters. The van der Waals surface area contributed by atoms with Crippen molar-refractivity contribution in [2.24, 2.45) is 5.92 Å². The largest absolute Gasteiger partial charge is 0.312 e. The predicted molar refractivity (Wildman–Crippen MR) is 69.7 cm³/mol. The number of hydrogen-bond donors (Lipinski definition) is 1. The average Bonchev–Trinajstić information content (AvgIpc) is 2.80. The van der Waals surface area contributed by atoms with Crippen LogP contribution in [0, 0.1) is 5.92 Å². The van der Waals surface area contributed by atoms with Crippen molar-refractivity contribution in [3.05, 3.63) is 0 Å². The van der Waals surface area contributed by atoms with Gasteiger partial charge in [0.2, 0.25) is 0 Å². The number of likely N-dealkylation sites (tertiary alicyclic amines) is 1. The Morgan fingerprint density at radius 1 is 1.19 bits per heavy atom. The van der Waals surface area contributed by atoms with Gasteiger partial charge in [0, 0.05) is 12.1 Å². The van der Waals surface area contributed by atoms with E-state index in [2.05, 4.69) is 24.1 Å². The second-order valence-electron chi connectivity index (χ2n) is 5.79. The van der Waals surface area contributed by atoms with E-state index < -0.39 is 0 Å². The molecule has 1 saturated carbocycles. The fourth-order valence-corrected chi connectivity index (χ4v) is 3.40. The fourth-order valence-electron chi connectivity index (χ4n) is 3.40. The Morgan fingerprint density at radius 2 is 1.94 bits per heavy atom. The molecule has 1 heterocycles. The molecule has 3 atom stereocenters. The van der Waals surface area contributed by atoms with Crippen molar-refractivity contribution >= 4 is 0 Å². The zero-order chi connectivity index (χ0) is 11.4. The molecule has 16 heavy (non-hydrogen) atoms. The van der Waals surface area contributed by atoms with Crippen LogP contribution in [-0.2, 0) is 0 Å². The lowest BCUT2D eigenvalue weighted by Crippen LogP contribution is -2.52. The van der Waals surface area contributed by atoms with E-state index in [1.54, 1.807) is 0 Å². The minimum atomic E-state index is 0.772. The summed E-state index contributed by atoms with van der Waals surface area (Å²) in [6.07, 6.45) is 8.34. The van der Waals surface area contributed by atoms with Gasteiger partial charge in [0.1, 0.15) is 0 Å². The van der Waals surface area contributed by atoms with Crippen LogP contribution in [0.1, 0.15) is 52.4 Å². The highest BCUT2D eigenvalue weighted by atomic mass is 15.2. The maximum absolute atomic E-state index is 3.78. The molecule has 1 aliphatic carbocycles. The Balaban J connectivity index is 1.91. The van der Waals surface area contributed by atoms with Crippen molar-refractivity contribution in [3.63, 3.8) is 0 Å². The highest BCUT2D eigenvalue weighted by Gasteiger charge is 2.33. The van der Waals surface area contributed by atoms with Crippen LogP contribution in [0.25, 0.3) is 0 Å². The van der Waals surface area contributed by atoms with E-state index in [0.29, 0.717) is 0 Å². The molecule has 0 aromatic carbocycles. The molecule has 2 heteroatoms. The van der Waals surface area contributed by atoms with Crippen molar-refractivity contribution in [1.29, 1.82) is 0 Å². The maximum Gasteiger partial charge on any atom is 0.0251 e. The van der Waals surface area contributed by atoms with Crippen LogP contribution in [0.2, 0.25) is 0 Å². The van der Waals surface area contributed by atoms with Gasteiger partial charge >= 0.3 is 0 Å². The third kappa shape index (κ3) is 2.98. The van der Waals surface area contributed by atoms with E-state index >= 15 is 0 Å². The third-order valence-corrected chi connectivity index (χ3v) is 4.34. The van der Waals surface area contributed by atoms with Crippen LogP contribution in [0.15, 0.2) is 0 Å². The van der Waals surface area contributed by atoms with Crippen LogP contribution in [0.3, 0.4) is 0 Å². The lowest BCUT2D eigenvalue weighted by Gasteiger charge is -2.41. The van der Waals surface area contributed by atoms with Gasteiger partial charge in [-0.2, -0.15) is 0 Å². The van der Waals surface area contributed by atoms with E-state index in [0.717, 1.165) is 18.0 Å². The van der Waals surface area contributed by atoms with E-state index in [9.17, 15) is 0 Å². The standard InChI is InChI=1S/C14H28N2/c1-3-8-15-13-7-6-12(2)11-14(13)16-9-4-5-10-16/h12-15H,3-11H2,1-2H3. The topological polar surface area (TPSA) is 15.3 Å². The summed E-state index contributed by atoms with van der Waals surface area (Å²) in [5.74, 6) is 0.935. The molecule has 2 fully saturated rings. The summed E-state index contributed by atoms with van der Waals surface area (Å²) in [6.45, 7) is 8.59. The van der Waals surface area contributed by atoms with Crippen LogP contribution < -0.4 is 5.32 Å². The second-order valence-corrected chi connectivity index (χ2v) is 5.79. The molecule has 0 spiro atoms. The van der Waals surface area contributed by atoms with Crippen LogP contribution >= 0.6 is 0 Å². The number of nitrogens with zero attached hydrogens (tertiary/aromatic N) is 1. The zero-order valence-electron chi connectivity index (χ0n) is 11.0. The monoisotopic (exact) mass is 224 g/mol. The van der Waals surface area contributed by atoms with Crippen molar-refractivity contribution in [2.75, 3.05) is 19.6 Å². The summed E-state index contributed by atoms with van der Waals surface area (Å²) in [5, 5.41) is 3.78. The molecule has 0 aromatic rings. The van der Waals surface area contributed by atoms with Crippen molar-refractivity contribution < 1.29 is 0 Å². The van der Waals surface area contributed by atoms with Crippen molar-refractivity contribution in [3.8, 4) is 0 Å². The molecule has 0 amide bonds. The van der Waals surface area contributed by atoms with Gasteiger partial charge in [0.15, 0.2) is 0 Å². The SMILES string of the molecule is CCCNC1CCC(C)CC1N1CCCC1. The molecule has 0 radical (unpaired) electrons. The van der Waals surface area contributed by atoms with Crippen LogP contribution in [0.4, 0.5) is 0 Å². The summed E-state index contributed by atoms with van der Waals surface area (Å²) in [5.41, 5.74) is 0. The van der Waals surface area contributed by atoms with Gasteiger partial charge < -0.3 is 5.32 Å². The first-order valence-electron chi connectivity index (χ1n) is 7.28. The summed E-state index contributed by atoms with van der Waals surface area (Å²) < 4.78 is 0. The lowest BCUT2D eigenvalue weighted by molar-refractivity contribution is 0.123. The zero-order valence-corrected chi connectivity index (χ0v) is 11.0. The highest BCUT2D eigenvalue weighted by molar-refractivity contribution is 4.91. The molecule has 0 bridgehead atoms. The van der Waals surface area contributed by atoms with Gasteiger partial charge in [-0.05, 0) is 64.1 Å². The predicted octanol–water partition coefficient (Wildman–Crippen LogP) is 2.64. The summed E-state index contributed by atoms with van der Waals surface area (Å²) in [7, 11) is 0. The van der Waals surface area contributed by atoms with Crippen LogP contribution in [0.5, 0.6) is 0 Å². The Labute approximate surface area is 101 Å². The van der Waals surface area contributed by atoms with E-state index in [1.165, 1.54) is 58.2 Å². The van der Waals surface area contributed by atoms with Gasteiger partial charge in [0.05, 0.1) is 0 Å². The van der Waals surface area contributed by atoms with Gasteiger partial charge in [-0.25, -0.2) is 0 Å². The number of rotatable bonds is 4. The van der Waals surface area contributed by atoms with E-state index in [-0.39, 0.29) is 0 Å². The van der Waals surface area contributed by atoms with Crippen LogP contribution in [-0.4, -0.2) is 36.6 Å². The Kier molecular flexibility index (Phi) is 4.66. The molecular weight excluding hydrogens is 196 g/mol.